The van der Waals surface area contributed by atoms with E-state index in [9.17, 15) is 9.90 Å². The van der Waals surface area contributed by atoms with Crippen molar-refractivity contribution in [2.24, 2.45) is 35.0 Å². The molecule has 3 rings (SSSR count). The lowest BCUT2D eigenvalue weighted by molar-refractivity contribution is -0.124. The minimum atomic E-state index is -0.428. The Balaban J connectivity index is 1.65. The summed E-state index contributed by atoms with van der Waals surface area (Å²) in [5.74, 6) is 3.71. The molecule has 0 radical (unpaired) electrons. The maximum Gasteiger partial charge on any atom is 0.147 e. The Kier molecular flexibility index (Phi) is 6.05. The predicted octanol–water partition coefficient (Wildman–Crippen LogP) is 5.75. The average molecular weight is 413 g/mol. The SMILES string of the molecule is C[C@@H]1CC[C@H](C(=O)CBr)[C@@]1(C)CC[C@H]1CCC[C@H]2C[C@](C)(O)CC[C@H]12. The smallest absolute Gasteiger partial charge is 0.147 e. The van der Waals surface area contributed by atoms with E-state index >= 15 is 0 Å². The average Bonchev–Trinajstić information content (AvgIpc) is 2.86. The van der Waals surface area contributed by atoms with Crippen LogP contribution in [0.25, 0.3) is 0 Å². The highest BCUT2D eigenvalue weighted by atomic mass is 79.9. The van der Waals surface area contributed by atoms with E-state index in [0.29, 0.717) is 17.0 Å². The van der Waals surface area contributed by atoms with E-state index in [2.05, 4.69) is 29.8 Å². The minimum absolute atomic E-state index is 0.192. The van der Waals surface area contributed by atoms with Crippen LogP contribution in [0.5, 0.6) is 0 Å². The Labute approximate surface area is 162 Å². The second-order valence-corrected chi connectivity index (χ2v) is 10.6. The molecule has 0 spiro atoms. The van der Waals surface area contributed by atoms with Crippen LogP contribution in [-0.4, -0.2) is 21.8 Å². The lowest BCUT2D eigenvalue weighted by Crippen LogP contribution is -2.42. The number of carbonyl (C=O) groups is 1. The molecule has 0 saturated heterocycles. The van der Waals surface area contributed by atoms with Crippen molar-refractivity contribution >= 4 is 21.7 Å². The number of fused-ring (bicyclic) bond motifs is 1. The summed E-state index contributed by atoms with van der Waals surface area (Å²) in [5, 5.41) is 11.0. The number of alkyl halides is 1. The molecule has 144 valence electrons. The van der Waals surface area contributed by atoms with Crippen molar-refractivity contribution in [2.45, 2.75) is 90.6 Å². The van der Waals surface area contributed by atoms with Crippen molar-refractivity contribution in [3.8, 4) is 0 Å². The van der Waals surface area contributed by atoms with Gasteiger partial charge in [-0.3, -0.25) is 4.79 Å². The topological polar surface area (TPSA) is 37.3 Å². The van der Waals surface area contributed by atoms with Gasteiger partial charge in [0.15, 0.2) is 0 Å². The van der Waals surface area contributed by atoms with Crippen LogP contribution >= 0.6 is 15.9 Å². The highest BCUT2D eigenvalue weighted by Gasteiger charge is 2.48. The molecule has 25 heavy (non-hydrogen) atoms. The second kappa shape index (κ2) is 7.62. The van der Waals surface area contributed by atoms with Crippen LogP contribution in [0.4, 0.5) is 0 Å². The van der Waals surface area contributed by atoms with E-state index in [1.54, 1.807) is 0 Å². The van der Waals surface area contributed by atoms with Gasteiger partial charge in [-0.15, -0.1) is 0 Å². The van der Waals surface area contributed by atoms with Crippen molar-refractivity contribution in [3.05, 3.63) is 0 Å². The molecule has 0 unspecified atom stereocenters. The summed E-state index contributed by atoms with van der Waals surface area (Å²) in [7, 11) is 0. The molecule has 0 bridgehead atoms. The van der Waals surface area contributed by atoms with Crippen molar-refractivity contribution < 1.29 is 9.90 Å². The van der Waals surface area contributed by atoms with Crippen LogP contribution < -0.4 is 0 Å². The molecule has 0 heterocycles. The predicted molar refractivity (Wildman–Crippen MR) is 107 cm³/mol. The van der Waals surface area contributed by atoms with Crippen LogP contribution in [-0.2, 0) is 4.79 Å². The summed E-state index contributed by atoms with van der Waals surface area (Å²) in [6.45, 7) is 6.79. The molecule has 3 aliphatic carbocycles. The monoisotopic (exact) mass is 412 g/mol. The molecule has 3 fully saturated rings. The first-order valence-electron chi connectivity index (χ1n) is 10.6. The maximum atomic E-state index is 12.5. The molecule has 7 atom stereocenters. The molecule has 3 saturated carbocycles. The van der Waals surface area contributed by atoms with E-state index in [1.807, 2.05) is 6.92 Å². The lowest BCUT2D eigenvalue weighted by atomic mass is 9.60. The fourth-order valence-electron chi connectivity index (χ4n) is 6.64. The number of hydrogen-bond donors (Lipinski definition) is 1. The molecule has 0 amide bonds. The second-order valence-electron chi connectivity index (χ2n) is 10.0. The number of rotatable bonds is 5. The Hall–Kier alpha value is 0.110. The lowest BCUT2D eigenvalue weighted by Gasteiger charge is -2.47. The van der Waals surface area contributed by atoms with Gasteiger partial charge in [0.2, 0.25) is 0 Å². The Morgan fingerprint density at radius 3 is 2.64 bits per heavy atom. The number of carbonyl (C=O) groups excluding carboxylic acids is 1. The van der Waals surface area contributed by atoms with Gasteiger partial charge in [-0.25, -0.2) is 0 Å². The van der Waals surface area contributed by atoms with Crippen LogP contribution in [0.2, 0.25) is 0 Å². The Bertz CT molecular complexity index is 488. The zero-order valence-corrected chi connectivity index (χ0v) is 18.0. The Morgan fingerprint density at radius 2 is 1.92 bits per heavy atom. The fraction of sp³-hybridized carbons (Fsp3) is 0.955. The third kappa shape index (κ3) is 4.03. The van der Waals surface area contributed by atoms with E-state index in [-0.39, 0.29) is 11.3 Å². The largest absolute Gasteiger partial charge is 0.390 e. The number of halogens is 1. The first-order chi connectivity index (χ1) is 11.8. The van der Waals surface area contributed by atoms with Gasteiger partial charge in [0.1, 0.15) is 5.78 Å². The van der Waals surface area contributed by atoms with Gasteiger partial charge in [0.05, 0.1) is 10.9 Å². The minimum Gasteiger partial charge on any atom is -0.390 e. The molecular formula is C22H37BrO2. The highest BCUT2D eigenvalue weighted by molar-refractivity contribution is 9.09. The van der Waals surface area contributed by atoms with Crippen molar-refractivity contribution in [3.63, 3.8) is 0 Å². The van der Waals surface area contributed by atoms with Gasteiger partial charge in [0, 0.05) is 5.92 Å². The molecule has 2 nitrogen and oxygen atoms in total. The molecule has 0 aliphatic heterocycles. The van der Waals surface area contributed by atoms with Gasteiger partial charge in [0.25, 0.3) is 0 Å². The van der Waals surface area contributed by atoms with E-state index < -0.39 is 5.60 Å². The van der Waals surface area contributed by atoms with Gasteiger partial charge < -0.3 is 5.11 Å². The molecule has 3 heteroatoms. The zero-order chi connectivity index (χ0) is 18.2. The van der Waals surface area contributed by atoms with Gasteiger partial charge in [-0.05, 0) is 81.0 Å². The van der Waals surface area contributed by atoms with Crippen molar-refractivity contribution in [2.75, 3.05) is 5.33 Å². The number of hydrogen-bond acceptors (Lipinski definition) is 2. The molecular weight excluding hydrogens is 376 g/mol. The van der Waals surface area contributed by atoms with E-state index in [1.165, 1.54) is 44.9 Å². The normalized spacial score (nSPS) is 47.5. The standard InChI is InChI=1S/C22H37BrO2/c1-15-7-8-19(20(24)14-23)22(15,3)12-9-16-5-4-6-17-13-21(2,25)11-10-18(16)17/h15-19,25H,4-14H2,1-3H3/t15-,16-,17+,18-,19-,21-,22+/m1/s1. The number of ketones is 1. The number of aliphatic hydroxyl groups is 1. The zero-order valence-electron chi connectivity index (χ0n) is 16.4. The van der Waals surface area contributed by atoms with Crippen LogP contribution in [0.1, 0.15) is 85.0 Å². The third-order valence-electron chi connectivity index (χ3n) is 8.46. The van der Waals surface area contributed by atoms with Crippen LogP contribution in [0.15, 0.2) is 0 Å². The number of Topliss-reactive ketones (excluding diaryl/α,β-unsaturated/α-hetero) is 1. The summed E-state index contributed by atoms with van der Waals surface area (Å²) >= 11 is 3.41. The van der Waals surface area contributed by atoms with Crippen LogP contribution in [0.3, 0.4) is 0 Å². The summed E-state index contributed by atoms with van der Waals surface area (Å²) < 4.78 is 0. The van der Waals surface area contributed by atoms with Gasteiger partial charge in [-0.1, -0.05) is 49.0 Å². The van der Waals surface area contributed by atoms with E-state index in [4.69, 9.17) is 0 Å². The first kappa shape index (κ1) is 19.9. The van der Waals surface area contributed by atoms with Crippen molar-refractivity contribution in [1.82, 2.24) is 0 Å². The summed E-state index contributed by atoms with van der Waals surface area (Å²) in [6.07, 6.45) is 12.0. The van der Waals surface area contributed by atoms with E-state index in [0.717, 1.165) is 37.0 Å². The van der Waals surface area contributed by atoms with Crippen LogP contribution in [0, 0.1) is 35.0 Å². The molecule has 0 aromatic rings. The molecule has 0 aromatic heterocycles. The Morgan fingerprint density at radius 1 is 1.16 bits per heavy atom. The van der Waals surface area contributed by atoms with Gasteiger partial charge in [-0.2, -0.15) is 0 Å². The maximum absolute atomic E-state index is 12.5. The first-order valence-corrected chi connectivity index (χ1v) is 11.7. The summed E-state index contributed by atoms with van der Waals surface area (Å²) in [4.78, 5) is 12.5. The molecule has 1 N–H and O–H groups in total. The highest BCUT2D eigenvalue weighted by Crippen LogP contribution is 2.54. The third-order valence-corrected chi connectivity index (χ3v) is 9.02. The van der Waals surface area contributed by atoms with Gasteiger partial charge >= 0.3 is 0 Å². The molecule has 0 aromatic carbocycles. The summed E-state index contributed by atoms with van der Waals surface area (Å²) in [5.41, 5.74) is -0.236. The quantitative estimate of drug-likeness (QED) is 0.583. The fourth-order valence-corrected chi connectivity index (χ4v) is 7.03. The molecule has 3 aliphatic rings. The summed E-state index contributed by atoms with van der Waals surface area (Å²) in [6, 6.07) is 0. The van der Waals surface area contributed by atoms with Crippen molar-refractivity contribution in [1.29, 1.82) is 0 Å².